The van der Waals surface area contributed by atoms with Gasteiger partial charge in [0.25, 0.3) is 5.91 Å². The lowest BCUT2D eigenvalue weighted by atomic mass is 9.84. The van der Waals surface area contributed by atoms with Gasteiger partial charge in [0, 0.05) is 29.8 Å². The number of amides is 2. The fraction of sp³-hybridized carbons (Fsp3) is 0.556. The second-order valence-electron chi connectivity index (χ2n) is 10.4. The van der Waals surface area contributed by atoms with Crippen molar-refractivity contribution in [3.8, 4) is 11.8 Å². The number of hydrogen-bond acceptors (Lipinski definition) is 5. The standard InChI is InChI=1S/C27H32N4O4/c1-35-24-9-5-7-20-19(24)13-21(30-20)26(34)31-16-27(10-2-3-11-27)14-22(31)25(33)29-18(15-28)12-17-6-4-8-23(17)32/h5,7,9,13,17-18,22,30H,2-4,6,8,10-12,14,16H2,1H3,(H,29,33). The summed E-state index contributed by atoms with van der Waals surface area (Å²) in [5.74, 6) is 0.179. The van der Waals surface area contributed by atoms with E-state index in [-0.39, 0.29) is 28.9 Å². The number of H-pyrrole nitrogens is 1. The molecule has 1 aromatic heterocycles. The number of rotatable bonds is 6. The highest BCUT2D eigenvalue weighted by molar-refractivity contribution is 6.02. The number of aromatic nitrogens is 1. The minimum Gasteiger partial charge on any atom is -0.496 e. The van der Waals surface area contributed by atoms with Crippen LogP contribution in [0.15, 0.2) is 24.3 Å². The zero-order valence-corrected chi connectivity index (χ0v) is 20.1. The lowest BCUT2D eigenvalue weighted by molar-refractivity contribution is -0.126. The van der Waals surface area contributed by atoms with Gasteiger partial charge in [-0.25, -0.2) is 0 Å². The van der Waals surface area contributed by atoms with Crippen LogP contribution in [0.1, 0.15) is 68.3 Å². The largest absolute Gasteiger partial charge is 0.496 e. The molecule has 3 fully saturated rings. The SMILES string of the molecule is COc1cccc2[nH]c(C(=O)N3CC4(CCCC4)CC3C(=O)NC(C#N)CC3CCCC3=O)cc12. The smallest absolute Gasteiger partial charge is 0.271 e. The Labute approximate surface area is 205 Å². The molecule has 184 valence electrons. The third kappa shape index (κ3) is 4.40. The van der Waals surface area contributed by atoms with Crippen LogP contribution in [-0.2, 0) is 9.59 Å². The van der Waals surface area contributed by atoms with Gasteiger partial charge in [-0.3, -0.25) is 14.4 Å². The van der Waals surface area contributed by atoms with E-state index in [1.54, 1.807) is 18.1 Å². The molecule has 2 N–H and O–H groups in total. The molecule has 3 unspecified atom stereocenters. The molecule has 2 aliphatic carbocycles. The molecule has 3 atom stereocenters. The molecule has 3 aliphatic rings. The molecule has 8 nitrogen and oxygen atoms in total. The Morgan fingerprint density at radius 1 is 1.31 bits per heavy atom. The van der Waals surface area contributed by atoms with Crippen LogP contribution >= 0.6 is 0 Å². The summed E-state index contributed by atoms with van der Waals surface area (Å²) in [4.78, 5) is 44.1. The molecule has 0 radical (unpaired) electrons. The second kappa shape index (κ2) is 9.37. The Kier molecular flexibility index (Phi) is 6.26. The van der Waals surface area contributed by atoms with Gasteiger partial charge in [-0.1, -0.05) is 18.9 Å². The first-order valence-corrected chi connectivity index (χ1v) is 12.6. The molecule has 2 heterocycles. The Morgan fingerprint density at radius 2 is 2.11 bits per heavy atom. The number of nitriles is 1. The van der Waals surface area contributed by atoms with Crippen LogP contribution in [0.3, 0.4) is 0 Å². The summed E-state index contributed by atoms with van der Waals surface area (Å²) in [6.45, 7) is 0.536. The molecule has 8 heteroatoms. The molecule has 2 aromatic rings. The van der Waals surface area contributed by atoms with Crippen LogP contribution in [0.25, 0.3) is 10.9 Å². The molecule has 5 rings (SSSR count). The predicted octanol–water partition coefficient (Wildman–Crippen LogP) is 3.72. The molecule has 1 aromatic carbocycles. The Balaban J connectivity index is 1.38. The predicted molar refractivity (Wildman–Crippen MR) is 130 cm³/mol. The lowest BCUT2D eigenvalue weighted by Gasteiger charge is -2.25. The first-order chi connectivity index (χ1) is 16.9. The number of hydrogen-bond donors (Lipinski definition) is 2. The highest BCUT2D eigenvalue weighted by atomic mass is 16.5. The third-order valence-corrected chi connectivity index (χ3v) is 8.23. The van der Waals surface area contributed by atoms with E-state index in [0.717, 1.165) is 49.4 Å². The van der Waals surface area contributed by atoms with Gasteiger partial charge >= 0.3 is 0 Å². The monoisotopic (exact) mass is 476 g/mol. The summed E-state index contributed by atoms with van der Waals surface area (Å²) in [6.07, 6.45) is 7.32. The topological polar surface area (TPSA) is 115 Å². The number of nitrogens with zero attached hydrogens (tertiary/aromatic N) is 2. The molecule has 35 heavy (non-hydrogen) atoms. The van der Waals surface area contributed by atoms with Crippen LogP contribution in [0.2, 0.25) is 0 Å². The summed E-state index contributed by atoms with van der Waals surface area (Å²) >= 11 is 0. The number of carbonyl (C=O) groups is 3. The normalized spacial score (nSPS) is 24.1. The van der Waals surface area contributed by atoms with Gasteiger partial charge in [-0.2, -0.15) is 5.26 Å². The second-order valence-corrected chi connectivity index (χ2v) is 10.4. The Hall–Kier alpha value is -3.34. The maximum Gasteiger partial charge on any atom is 0.271 e. The minimum atomic E-state index is -0.732. The third-order valence-electron chi connectivity index (χ3n) is 8.23. The highest BCUT2D eigenvalue weighted by Crippen LogP contribution is 2.48. The van der Waals surface area contributed by atoms with E-state index in [9.17, 15) is 19.6 Å². The molecule has 2 saturated carbocycles. The van der Waals surface area contributed by atoms with E-state index < -0.39 is 12.1 Å². The van der Waals surface area contributed by atoms with Crippen molar-refractivity contribution in [3.05, 3.63) is 30.0 Å². The van der Waals surface area contributed by atoms with Gasteiger partial charge < -0.3 is 19.9 Å². The van der Waals surface area contributed by atoms with Gasteiger partial charge in [0.15, 0.2) is 0 Å². The van der Waals surface area contributed by atoms with E-state index in [0.29, 0.717) is 37.3 Å². The number of Topliss-reactive ketones (excluding diaryl/α,β-unsaturated/α-hetero) is 1. The van der Waals surface area contributed by atoms with Crippen LogP contribution in [0, 0.1) is 22.7 Å². The Morgan fingerprint density at radius 3 is 2.80 bits per heavy atom. The van der Waals surface area contributed by atoms with Crippen LogP contribution in [0.4, 0.5) is 0 Å². The van der Waals surface area contributed by atoms with Gasteiger partial charge in [-0.15, -0.1) is 0 Å². The first-order valence-electron chi connectivity index (χ1n) is 12.6. The van der Waals surface area contributed by atoms with Crippen molar-refractivity contribution in [3.63, 3.8) is 0 Å². The number of likely N-dealkylation sites (tertiary alicyclic amines) is 1. The summed E-state index contributed by atoms with van der Waals surface area (Å²) < 4.78 is 5.44. The average Bonchev–Trinajstić information content (AvgIpc) is 3.65. The number of ether oxygens (including phenoxy) is 1. The minimum absolute atomic E-state index is 0.0507. The maximum absolute atomic E-state index is 13.7. The van der Waals surface area contributed by atoms with E-state index in [4.69, 9.17) is 4.74 Å². The molecular formula is C27H32N4O4. The molecule has 1 aliphatic heterocycles. The van der Waals surface area contributed by atoms with Crippen molar-refractivity contribution in [1.82, 2.24) is 15.2 Å². The number of benzene rings is 1. The molecule has 1 spiro atoms. The number of carbonyl (C=O) groups excluding carboxylic acids is 3. The van der Waals surface area contributed by atoms with Crippen LogP contribution in [0.5, 0.6) is 5.75 Å². The van der Waals surface area contributed by atoms with E-state index in [1.807, 2.05) is 18.2 Å². The van der Waals surface area contributed by atoms with Crippen molar-refractivity contribution >= 4 is 28.5 Å². The van der Waals surface area contributed by atoms with Gasteiger partial charge in [-0.05, 0) is 62.1 Å². The number of methoxy groups -OCH3 is 1. The van der Waals surface area contributed by atoms with Crippen molar-refractivity contribution in [1.29, 1.82) is 5.26 Å². The summed E-state index contributed by atoms with van der Waals surface area (Å²) in [5.41, 5.74) is 1.17. The summed E-state index contributed by atoms with van der Waals surface area (Å²) in [7, 11) is 1.60. The molecule has 0 bridgehead atoms. The number of ketones is 1. The van der Waals surface area contributed by atoms with Gasteiger partial charge in [0.05, 0.1) is 13.2 Å². The van der Waals surface area contributed by atoms with Gasteiger partial charge in [0.1, 0.15) is 29.3 Å². The van der Waals surface area contributed by atoms with E-state index in [2.05, 4.69) is 16.4 Å². The van der Waals surface area contributed by atoms with Gasteiger partial charge in [0.2, 0.25) is 5.91 Å². The summed E-state index contributed by atoms with van der Waals surface area (Å²) in [5, 5.41) is 13.4. The number of aromatic amines is 1. The lowest BCUT2D eigenvalue weighted by Crippen LogP contribution is -2.49. The van der Waals surface area contributed by atoms with E-state index >= 15 is 0 Å². The molecule has 2 amide bonds. The highest BCUT2D eigenvalue weighted by Gasteiger charge is 2.50. The average molecular weight is 477 g/mol. The number of fused-ring (bicyclic) bond motifs is 1. The van der Waals surface area contributed by atoms with Crippen molar-refractivity contribution < 1.29 is 19.1 Å². The molecule has 1 saturated heterocycles. The quantitative estimate of drug-likeness (QED) is 0.659. The maximum atomic E-state index is 13.7. The zero-order valence-electron chi connectivity index (χ0n) is 20.1. The van der Waals surface area contributed by atoms with E-state index in [1.165, 1.54) is 0 Å². The Bertz CT molecular complexity index is 1190. The zero-order chi connectivity index (χ0) is 24.6. The fourth-order valence-corrected chi connectivity index (χ4v) is 6.40. The summed E-state index contributed by atoms with van der Waals surface area (Å²) in [6, 6.07) is 8.19. The van der Waals surface area contributed by atoms with Crippen molar-refractivity contribution in [2.45, 2.75) is 69.9 Å². The first kappa shape index (κ1) is 23.4. The molecular weight excluding hydrogens is 444 g/mol. The van der Waals surface area contributed by atoms with Crippen LogP contribution in [-0.4, -0.2) is 53.2 Å². The fourth-order valence-electron chi connectivity index (χ4n) is 6.40. The van der Waals surface area contributed by atoms with Crippen molar-refractivity contribution in [2.24, 2.45) is 11.3 Å². The van der Waals surface area contributed by atoms with Crippen LogP contribution < -0.4 is 10.1 Å². The van der Waals surface area contributed by atoms with Crippen molar-refractivity contribution in [2.75, 3.05) is 13.7 Å². The number of nitrogens with one attached hydrogen (secondary N) is 2.